The molecule has 1 aromatic carbocycles. The van der Waals surface area contributed by atoms with Crippen LogP contribution in [0.25, 0.3) is 0 Å². The fraction of sp³-hybridized carbons (Fsp3) is 0.571. The third-order valence-corrected chi connectivity index (χ3v) is 2.61. The van der Waals surface area contributed by atoms with Gasteiger partial charge in [0.15, 0.2) is 0 Å². The second kappa shape index (κ2) is 7.70. The first-order chi connectivity index (χ1) is 7.47. The summed E-state index contributed by atoms with van der Waals surface area (Å²) in [5.74, 6) is 0. The topological polar surface area (TPSA) is 36.8 Å². The van der Waals surface area contributed by atoms with Gasteiger partial charge in [0.25, 0.3) is 0 Å². The Balaban J connectivity index is 0.00000256. The minimum atomic E-state index is -0.209. The molecular weight excluding hydrogens is 234 g/mol. The Morgan fingerprint density at radius 2 is 1.76 bits per heavy atom. The lowest BCUT2D eigenvalue weighted by atomic mass is 10.1. The molecule has 1 atom stereocenters. The molecule has 2 nitrogen and oxygen atoms in total. The molecule has 3 N–H and O–H groups in total. The minimum absolute atomic E-state index is 0. The van der Waals surface area contributed by atoms with Crippen LogP contribution >= 0.6 is 0 Å². The molecule has 0 aliphatic heterocycles. The number of nitrogens with two attached hydrogens (primary N) is 1. The number of aliphatic hydroxyl groups is 1. The molecule has 98 valence electrons. The Morgan fingerprint density at radius 1 is 1.18 bits per heavy atom. The molecule has 0 spiro atoms. The quantitative estimate of drug-likeness (QED) is 0.652. The van der Waals surface area contributed by atoms with Crippen molar-refractivity contribution in [2.45, 2.75) is 45.3 Å². The smallest absolute Gasteiger partial charge is 0.103 e. The van der Waals surface area contributed by atoms with Crippen LogP contribution < -0.4 is 17.7 Å². The van der Waals surface area contributed by atoms with Gasteiger partial charge in [0.1, 0.15) is 12.6 Å². The molecule has 0 aromatic heterocycles. The van der Waals surface area contributed by atoms with Gasteiger partial charge in [-0.25, -0.2) is 0 Å². The largest absolute Gasteiger partial charge is 1.00 e. The maximum Gasteiger partial charge on any atom is 0.103 e. The Kier molecular flexibility index (Phi) is 7.44. The van der Waals surface area contributed by atoms with E-state index in [0.717, 1.165) is 19.4 Å². The van der Waals surface area contributed by atoms with Gasteiger partial charge in [-0.3, -0.25) is 0 Å². The van der Waals surface area contributed by atoms with Crippen LogP contribution in [0.4, 0.5) is 0 Å². The van der Waals surface area contributed by atoms with E-state index in [2.05, 4.69) is 38.2 Å². The van der Waals surface area contributed by atoms with Gasteiger partial charge in [0.05, 0.1) is 5.54 Å². The maximum atomic E-state index is 9.84. The predicted molar refractivity (Wildman–Crippen MR) is 67.3 cm³/mol. The van der Waals surface area contributed by atoms with Crippen molar-refractivity contribution >= 4 is 0 Å². The van der Waals surface area contributed by atoms with Crippen LogP contribution in [-0.2, 0) is 6.42 Å². The van der Waals surface area contributed by atoms with Gasteiger partial charge < -0.3 is 22.8 Å². The molecule has 17 heavy (non-hydrogen) atoms. The highest BCUT2D eigenvalue weighted by Gasteiger charge is 2.15. The number of aryl methyl sites for hydroxylation is 1. The van der Waals surface area contributed by atoms with E-state index >= 15 is 0 Å². The monoisotopic (exact) mass is 257 g/mol. The minimum Gasteiger partial charge on any atom is -1.00 e. The van der Waals surface area contributed by atoms with Crippen LogP contribution in [0.2, 0.25) is 0 Å². The first kappa shape index (κ1) is 16.4. The van der Waals surface area contributed by atoms with E-state index in [0.29, 0.717) is 0 Å². The van der Waals surface area contributed by atoms with E-state index in [1.54, 1.807) is 0 Å². The first-order valence-corrected chi connectivity index (χ1v) is 6.04. The molecule has 0 fully saturated rings. The molecule has 0 bridgehead atoms. The number of halogens is 1. The molecule has 0 aliphatic rings. The van der Waals surface area contributed by atoms with Crippen LogP contribution in [0.5, 0.6) is 0 Å². The standard InChI is InChI=1S/C14H23NO.ClH/c1-14(2,3)15-11-13(16)10-9-12-7-5-4-6-8-12;/h4-8,13,15-16H,9-11H2,1-3H3;1H. The normalized spacial score (nSPS) is 12.9. The molecule has 0 radical (unpaired) electrons. The van der Waals surface area contributed by atoms with Crippen molar-refractivity contribution in [2.75, 3.05) is 6.54 Å². The molecule has 0 saturated carbocycles. The Hall–Kier alpha value is -0.570. The molecule has 3 heteroatoms. The van der Waals surface area contributed by atoms with Gasteiger partial charge in [-0.15, -0.1) is 0 Å². The summed E-state index contributed by atoms with van der Waals surface area (Å²) in [5.41, 5.74) is 1.51. The number of benzene rings is 1. The summed E-state index contributed by atoms with van der Waals surface area (Å²) in [4.78, 5) is 0. The summed E-state index contributed by atoms with van der Waals surface area (Å²) in [7, 11) is 0. The summed E-state index contributed by atoms with van der Waals surface area (Å²) in [5, 5.41) is 12.0. The molecule has 0 heterocycles. The lowest BCUT2D eigenvalue weighted by Gasteiger charge is -2.19. The summed E-state index contributed by atoms with van der Waals surface area (Å²) < 4.78 is 0. The van der Waals surface area contributed by atoms with Gasteiger partial charge in [-0.05, 0) is 39.2 Å². The third kappa shape index (κ3) is 8.19. The lowest BCUT2D eigenvalue weighted by Crippen LogP contribution is -3.00. The molecule has 0 amide bonds. The SMILES string of the molecule is CC(C)(C)[NH2+]CC(O)CCc1ccccc1.[Cl-]. The van der Waals surface area contributed by atoms with Crippen molar-refractivity contribution in [3.8, 4) is 0 Å². The molecule has 0 saturated heterocycles. The second-order valence-corrected chi connectivity index (χ2v) is 5.48. The molecule has 1 aromatic rings. The average molecular weight is 258 g/mol. The van der Waals surface area contributed by atoms with Crippen molar-refractivity contribution in [3.05, 3.63) is 35.9 Å². The summed E-state index contributed by atoms with van der Waals surface area (Å²) in [6.07, 6.45) is 1.59. The second-order valence-electron chi connectivity index (χ2n) is 5.48. The van der Waals surface area contributed by atoms with Crippen molar-refractivity contribution < 1.29 is 22.8 Å². The van der Waals surface area contributed by atoms with Crippen molar-refractivity contribution in [2.24, 2.45) is 0 Å². The zero-order chi connectivity index (χ0) is 12.0. The van der Waals surface area contributed by atoms with Crippen LogP contribution in [0, 0.1) is 0 Å². The van der Waals surface area contributed by atoms with Crippen LogP contribution in [0.1, 0.15) is 32.8 Å². The Bertz CT molecular complexity index is 295. The molecule has 1 rings (SSSR count). The van der Waals surface area contributed by atoms with Gasteiger partial charge in [-0.1, -0.05) is 30.3 Å². The zero-order valence-electron chi connectivity index (χ0n) is 11.0. The Labute approximate surface area is 111 Å². The highest BCUT2D eigenvalue weighted by atomic mass is 35.5. The van der Waals surface area contributed by atoms with Crippen LogP contribution in [-0.4, -0.2) is 23.3 Å². The summed E-state index contributed by atoms with van der Waals surface area (Å²) in [6, 6.07) is 10.3. The molecule has 1 unspecified atom stereocenters. The number of rotatable bonds is 5. The van der Waals surface area contributed by atoms with E-state index in [4.69, 9.17) is 0 Å². The third-order valence-electron chi connectivity index (χ3n) is 2.61. The van der Waals surface area contributed by atoms with E-state index in [1.807, 2.05) is 18.2 Å². The number of quaternary nitrogens is 1. The number of hydrogen-bond acceptors (Lipinski definition) is 1. The predicted octanol–water partition coefficient (Wildman–Crippen LogP) is -1.65. The fourth-order valence-electron chi connectivity index (χ4n) is 1.59. The summed E-state index contributed by atoms with van der Waals surface area (Å²) >= 11 is 0. The van der Waals surface area contributed by atoms with Crippen LogP contribution in [0.15, 0.2) is 30.3 Å². The fourth-order valence-corrected chi connectivity index (χ4v) is 1.59. The highest BCUT2D eigenvalue weighted by Crippen LogP contribution is 2.04. The zero-order valence-corrected chi connectivity index (χ0v) is 11.7. The van der Waals surface area contributed by atoms with Crippen molar-refractivity contribution in [1.82, 2.24) is 0 Å². The van der Waals surface area contributed by atoms with Crippen molar-refractivity contribution in [1.29, 1.82) is 0 Å². The van der Waals surface area contributed by atoms with E-state index < -0.39 is 0 Å². The van der Waals surface area contributed by atoms with Gasteiger partial charge in [0, 0.05) is 0 Å². The maximum absolute atomic E-state index is 9.84. The number of hydrogen-bond donors (Lipinski definition) is 2. The van der Waals surface area contributed by atoms with Crippen LogP contribution in [0.3, 0.4) is 0 Å². The lowest BCUT2D eigenvalue weighted by molar-refractivity contribution is -0.722. The highest BCUT2D eigenvalue weighted by molar-refractivity contribution is 5.14. The summed E-state index contributed by atoms with van der Waals surface area (Å²) in [6.45, 7) is 7.28. The van der Waals surface area contributed by atoms with Gasteiger partial charge >= 0.3 is 0 Å². The van der Waals surface area contributed by atoms with Gasteiger partial charge in [-0.2, -0.15) is 0 Å². The Morgan fingerprint density at radius 3 is 2.29 bits per heavy atom. The van der Waals surface area contributed by atoms with Gasteiger partial charge in [0.2, 0.25) is 0 Å². The first-order valence-electron chi connectivity index (χ1n) is 6.04. The average Bonchev–Trinajstić information content (AvgIpc) is 2.24. The van der Waals surface area contributed by atoms with E-state index in [-0.39, 0.29) is 24.0 Å². The van der Waals surface area contributed by atoms with Crippen molar-refractivity contribution in [3.63, 3.8) is 0 Å². The van der Waals surface area contributed by atoms with E-state index in [9.17, 15) is 5.11 Å². The van der Waals surface area contributed by atoms with E-state index in [1.165, 1.54) is 5.56 Å². The number of aliphatic hydroxyl groups excluding tert-OH is 1. The molecule has 0 aliphatic carbocycles. The molecular formula is C14H24ClNO.